The van der Waals surface area contributed by atoms with Crippen LogP contribution in [-0.4, -0.2) is 23.6 Å². The molecule has 0 spiro atoms. The molecule has 2 N–H and O–H groups in total. The van der Waals surface area contributed by atoms with Crippen molar-refractivity contribution in [3.8, 4) is 5.75 Å². The van der Waals surface area contributed by atoms with Gasteiger partial charge in [-0.25, -0.2) is 4.79 Å². The highest BCUT2D eigenvalue weighted by molar-refractivity contribution is 9.09. The molecule has 0 aliphatic heterocycles. The first-order valence-electron chi connectivity index (χ1n) is 7.48. The van der Waals surface area contributed by atoms with Crippen molar-refractivity contribution < 1.29 is 14.3 Å². The van der Waals surface area contributed by atoms with E-state index < -0.39 is 11.7 Å². The Bertz CT molecular complexity index is 413. The Hall–Kier alpha value is -1.23. The average molecular weight is 374 g/mol. The lowest BCUT2D eigenvalue weighted by Gasteiger charge is -2.16. The second-order valence-electron chi connectivity index (χ2n) is 5.94. The number of unbranched alkanes of at least 4 members (excludes halogenated alkanes) is 2. The van der Waals surface area contributed by atoms with Crippen molar-refractivity contribution in [2.45, 2.75) is 52.6 Å². The molecule has 0 heterocycles. The van der Waals surface area contributed by atoms with Gasteiger partial charge in [0.15, 0.2) is 0 Å². The first-order chi connectivity index (χ1) is 10.2. The van der Waals surface area contributed by atoms with Gasteiger partial charge in [-0.2, -0.15) is 0 Å². The van der Waals surface area contributed by atoms with Gasteiger partial charge in [0.1, 0.15) is 11.4 Å². The largest absolute Gasteiger partial charge is 0.494 e. The molecule has 0 saturated heterocycles. The Morgan fingerprint density at radius 3 is 2.14 bits per heavy atom. The summed E-state index contributed by atoms with van der Waals surface area (Å²) in [6, 6.07) is 8.21. The van der Waals surface area contributed by atoms with E-state index in [2.05, 4.69) is 39.7 Å². The quantitative estimate of drug-likeness (QED) is 0.574. The molecule has 126 valence electrons. The molecule has 5 heteroatoms. The van der Waals surface area contributed by atoms with E-state index in [-0.39, 0.29) is 0 Å². The molecule has 1 aromatic carbocycles. The maximum atomic E-state index is 10.0. The minimum absolute atomic E-state index is 0.453. The minimum atomic E-state index is -0.725. The molecular weight excluding hydrogens is 346 g/mol. The second kappa shape index (κ2) is 11.4. The Morgan fingerprint density at radius 1 is 1.14 bits per heavy atom. The van der Waals surface area contributed by atoms with Crippen LogP contribution in [0.1, 0.15) is 45.6 Å². The van der Waals surface area contributed by atoms with E-state index in [0.29, 0.717) is 0 Å². The predicted octanol–water partition coefficient (Wildman–Crippen LogP) is 4.82. The summed E-state index contributed by atoms with van der Waals surface area (Å²) in [4.78, 5) is 10.0. The molecule has 0 aliphatic carbocycles. The summed E-state index contributed by atoms with van der Waals surface area (Å²) >= 11 is 3.41. The van der Waals surface area contributed by atoms with Crippen LogP contribution in [-0.2, 0) is 4.74 Å². The normalized spacial score (nSPS) is 10.4. The number of ether oxygens (including phenoxy) is 2. The SMILES string of the molecule is CC(C)(C)OC(N)=O.Cc1ccc(OCCCCCBr)cc1. The number of nitrogens with two attached hydrogens (primary N) is 1. The van der Waals surface area contributed by atoms with Gasteiger partial charge in [0.25, 0.3) is 0 Å². The number of hydrogen-bond acceptors (Lipinski definition) is 3. The third-order valence-electron chi connectivity index (χ3n) is 2.47. The zero-order valence-electron chi connectivity index (χ0n) is 14.0. The van der Waals surface area contributed by atoms with E-state index in [0.717, 1.165) is 24.1 Å². The maximum Gasteiger partial charge on any atom is 0.405 e. The zero-order chi connectivity index (χ0) is 17.0. The number of amides is 1. The van der Waals surface area contributed by atoms with Crippen LogP contribution >= 0.6 is 15.9 Å². The molecule has 1 amide bonds. The average Bonchev–Trinajstić information content (AvgIpc) is 2.38. The summed E-state index contributed by atoms with van der Waals surface area (Å²) in [5.74, 6) is 0.981. The van der Waals surface area contributed by atoms with Crippen LogP contribution in [0.4, 0.5) is 4.79 Å². The molecule has 22 heavy (non-hydrogen) atoms. The van der Waals surface area contributed by atoms with Crippen molar-refractivity contribution in [3.05, 3.63) is 29.8 Å². The number of carbonyl (C=O) groups is 1. The number of alkyl halides is 1. The maximum absolute atomic E-state index is 10.0. The number of halogens is 1. The monoisotopic (exact) mass is 373 g/mol. The fourth-order valence-corrected chi connectivity index (χ4v) is 1.90. The van der Waals surface area contributed by atoms with E-state index in [1.807, 2.05) is 12.1 Å². The van der Waals surface area contributed by atoms with Crippen LogP contribution in [0.3, 0.4) is 0 Å². The van der Waals surface area contributed by atoms with Gasteiger partial charge < -0.3 is 15.2 Å². The van der Waals surface area contributed by atoms with E-state index in [1.165, 1.54) is 18.4 Å². The highest BCUT2D eigenvalue weighted by atomic mass is 79.9. The van der Waals surface area contributed by atoms with Crippen molar-refractivity contribution >= 4 is 22.0 Å². The summed E-state index contributed by atoms with van der Waals surface area (Å²) in [5, 5.41) is 1.09. The molecule has 0 aliphatic rings. The van der Waals surface area contributed by atoms with Crippen LogP contribution in [0.25, 0.3) is 0 Å². The molecule has 0 saturated carbocycles. The summed E-state index contributed by atoms with van der Waals surface area (Å²) in [5.41, 5.74) is 5.54. The minimum Gasteiger partial charge on any atom is -0.494 e. The molecular formula is C17H28BrNO3. The van der Waals surface area contributed by atoms with E-state index in [4.69, 9.17) is 10.5 Å². The van der Waals surface area contributed by atoms with Crippen LogP contribution in [0.5, 0.6) is 5.75 Å². The van der Waals surface area contributed by atoms with Crippen LogP contribution in [0.15, 0.2) is 24.3 Å². The molecule has 1 rings (SSSR count). The van der Waals surface area contributed by atoms with Crippen molar-refractivity contribution in [3.63, 3.8) is 0 Å². The van der Waals surface area contributed by atoms with Crippen molar-refractivity contribution in [1.82, 2.24) is 0 Å². The molecule has 0 fully saturated rings. The highest BCUT2D eigenvalue weighted by Gasteiger charge is 2.12. The van der Waals surface area contributed by atoms with Gasteiger partial charge in [0.05, 0.1) is 6.61 Å². The Kier molecular flexibility index (Phi) is 10.7. The second-order valence-corrected chi connectivity index (χ2v) is 6.74. The first kappa shape index (κ1) is 20.8. The third kappa shape index (κ3) is 13.7. The van der Waals surface area contributed by atoms with E-state index >= 15 is 0 Å². The van der Waals surface area contributed by atoms with Crippen molar-refractivity contribution in [2.24, 2.45) is 5.73 Å². The van der Waals surface area contributed by atoms with Gasteiger partial charge in [-0.15, -0.1) is 0 Å². The Morgan fingerprint density at radius 2 is 1.73 bits per heavy atom. The summed E-state index contributed by atoms with van der Waals surface area (Å²) < 4.78 is 10.2. The highest BCUT2D eigenvalue weighted by Crippen LogP contribution is 2.12. The molecule has 0 radical (unpaired) electrons. The fraction of sp³-hybridized carbons (Fsp3) is 0.588. The number of hydrogen-bond donors (Lipinski definition) is 1. The van der Waals surface area contributed by atoms with Gasteiger partial charge in [0.2, 0.25) is 0 Å². The number of rotatable bonds is 6. The van der Waals surface area contributed by atoms with Gasteiger partial charge in [-0.1, -0.05) is 33.6 Å². The number of carbonyl (C=O) groups excluding carboxylic acids is 1. The zero-order valence-corrected chi connectivity index (χ0v) is 15.6. The number of primary amides is 1. The third-order valence-corrected chi connectivity index (χ3v) is 3.04. The lowest BCUT2D eigenvalue weighted by molar-refractivity contribution is 0.0600. The molecule has 4 nitrogen and oxygen atoms in total. The van der Waals surface area contributed by atoms with E-state index in [1.54, 1.807) is 20.8 Å². The standard InChI is InChI=1S/C12H17BrO.C5H11NO2/c1-11-5-7-12(8-6-11)14-10-4-2-3-9-13;1-5(2,3)8-4(6)7/h5-8H,2-4,9-10H2,1H3;1-3H3,(H2,6,7). The van der Waals surface area contributed by atoms with Gasteiger partial charge in [0, 0.05) is 5.33 Å². The molecule has 1 aromatic rings. The predicted molar refractivity (Wildman–Crippen MR) is 94.7 cm³/mol. The number of aryl methyl sites for hydroxylation is 1. The van der Waals surface area contributed by atoms with Crippen molar-refractivity contribution in [1.29, 1.82) is 0 Å². The van der Waals surface area contributed by atoms with Gasteiger partial charge in [-0.05, 0) is 59.1 Å². The van der Waals surface area contributed by atoms with Crippen LogP contribution < -0.4 is 10.5 Å². The molecule has 0 bridgehead atoms. The summed E-state index contributed by atoms with van der Waals surface area (Å²) in [6.45, 7) is 8.20. The Balaban J connectivity index is 0.000000472. The molecule has 0 aromatic heterocycles. The van der Waals surface area contributed by atoms with E-state index in [9.17, 15) is 4.79 Å². The van der Waals surface area contributed by atoms with Crippen molar-refractivity contribution in [2.75, 3.05) is 11.9 Å². The van der Waals surface area contributed by atoms with Gasteiger partial charge in [-0.3, -0.25) is 0 Å². The summed E-state index contributed by atoms with van der Waals surface area (Å²) in [7, 11) is 0. The van der Waals surface area contributed by atoms with Gasteiger partial charge >= 0.3 is 6.09 Å². The molecule has 0 atom stereocenters. The van der Waals surface area contributed by atoms with Crippen LogP contribution in [0, 0.1) is 6.92 Å². The first-order valence-corrected chi connectivity index (χ1v) is 8.60. The topological polar surface area (TPSA) is 61.5 Å². The van der Waals surface area contributed by atoms with Crippen LogP contribution in [0.2, 0.25) is 0 Å². The molecule has 0 unspecified atom stereocenters. The number of benzene rings is 1. The fourth-order valence-electron chi connectivity index (χ4n) is 1.50. The summed E-state index contributed by atoms with van der Waals surface area (Å²) in [6.07, 6.45) is 2.88. The smallest absolute Gasteiger partial charge is 0.405 e. The lowest BCUT2D eigenvalue weighted by Crippen LogP contribution is -2.27. The Labute approximate surface area is 142 Å². The lowest BCUT2D eigenvalue weighted by atomic mass is 10.2.